The zero-order valence-electron chi connectivity index (χ0n) is 9.40. The lowest BCUT2D eigenvalue weighted by Gasteiger charge is -2.34. The second-order valence-corrected chi connectivity index (χ2v) is 4.19. The van der Waals surface area contributed by atoms with Crippen LogP contribution in [-0.4, -0.2) is 34.5 Å². The van der Waals surface area contributed by atoms with Crippen LogP contribution in [0.15, 0.2) is 0 Å². The van der Waals surface area contributed by atoms with E-state index in [1.54, 1.807) is 4.90 Å². The molecule has 1 aliphatic rings. The first kappa shape index (κ1) is 12.0. The van der Waals surface area contributed by atoms with E-state index in [-0.39, 0.29) is 11.8 Å². The maximum absolute atomic E-state index is 11.9. The van der Waals surface area contributed by atoms with Gasteiger partial charge in [0.1, 0.15) is 6.04 Å². The summed E-state index contributed by atoms with van der Waals surface area (Å²) in [5.41, 5.74) is 0. The third-order valence-electron chi connectivity index (χ3n) is 3.10. The Balaban J connectivity index is 2.71. The molecule has 0 bridgehead atoms. The van der Waals surface area contributed by atoms with Gasteiger partial charge < -0.3 is 10.0 Å². The Labute approximate surface area is 90.3 Å². The fourth-order valence-electron chi connectivity index (χ4n) is 1.91. The summed E-state index contributed by atoms with van der Waals surface area (Å²) in [5.74, 6) is -0.944. The van der Waals surface area contributed by atoms with Crippen LogP contribution < -0.4 is 0 Å². The highest BCUT2D eigenvalue weighted by Crippen LogP contribution is 2.20. The van der Waals surface area contributed by atoms with E-state index < -0.39 is 12.0 Å². The van der Waals surface area contributed by atoms with Crippen LogP contribution in [0.1, 0.15) is 39.5 Å². The van der Waals surface area contributed by atoms with Crippen LogP contribution in [0.2, 0.25) is 0 Å². The summed E-state index contributed by atoms with van der Waals surface area (Å²) in [6.45, 7) is 4.40. The van der Waals surface area contributed by atoms with Gasteiger partial charge in [0.2, 0.25) is 5.91 Å². The first-order chi connectivity index (χ1) is 7.07. The molecule has 0 aromatic rings. The molecule has 15 heavy (non-hydrogen) atoms. The number of carbonyl (C=O) groups excluding carboxylic acids is 1. The summed E-state index contributed by atoms with van der Waals surface area (Å²) in [4.78, 5) is 24.4. The van der Waals surface area contributed by atoms with Crippen LogP contribution in [0.4, 0.5) is 0 Å². The Morgan fingerprint density at radius 1 is 1.47 bits per heavy atom. The molecule has 1 unspecified atom stereocenters. The average Bonchev–Trinajstić information content (AvgIpc) is 2.27. The smallest absolute Gasteiger partial charge is 0.326 e. The molecule has 4 nitrogen and oxygen atoms in total. The predicted molar refractivity (Wildman–Crippen MR) is 56.4 cm³/mol. The number of nitrogens with zero attached hydrogens (tertiary/aromatic N) is 1. The number of hydrogen-bond acceptors (Lipinski definition) is 2. The van der Waals surface area contributed by atoms with E-state index in [0.717, 1.165) is 19.3 Å². The Hall–Kier alpha value is -1.06. The number of carboxylic acid groups (broad SMARTS) is 1. The minimum atomic E-state index is -0.869. The number of carbonyl (C=O) groups is 2. The van der Waals surface area contributed by atoms with E-state index in [0.29, 0.717) is 13.0 Å². The van der Waals surface area contributed by atoms with Crippen molar-refractivity contribution in [3.63, 3.8) is 0 Å². The molecule has 0 saturated carbocycles. The minimum absolute atomic E-state index is 0.00963. The van der Waals surface area contributed by atoms with Crippen molar-refractivity contribution in [2.75, 3.05) is 6.54 Å². The van der Waals surface area contributed by atoms with Crippen molar-refractivity contribution in [3.8, 4) is 0 Å². The molecule has 1 amide bonds. The first-order valence-corrected chi connectivity index (χ1v) is 5.61. The maximum Gasteiger partial charge on any atom is 0.326 e. The van der Waals surface area contributed by atoms with Gasteiger partial charge in [-0.3, -0.25) is 4.79 Å². The van der Waals surface area contributed by atoms with Gasteiger partial charge in [-0.05, 0) is 25.7 Å². The highest BCUT2D eigenvalue weighted by molar-refractivity contribution is 5.85. The van der Waals surface area contributed by atoms with Gasteiger partial charge in [0.15, 0.2) is 0 Å². The van der Waals surface area contributed by atoms with Gasteiger partial charge in [-0.1, -0.05) is 13.8 Å². The molecule has 0 aliphatic carbocycles. The van der Waals surface area contributed by atoms with E-state index >= 15 is 0 Å². The summed E-state index contributed by atoms with van der Waals surface area (Å²) in [6, 6.07) is -0.597. The molecular weight excluding hydrogens is 194 g/mol. The van der Waals surface area contributed by atoms with Gasteiger partial charge >= 0.3 is 5.97 Å². The Bertz CT molecular complexity index is 252. The fourth-order valence-corrected chi connectivity index (χ4v) is 1.91. The molecule has 1 fully saturated rings. The Kier molecular flexibility index (Phi) is 4.12. The maximum atomic E-state index is 11.9. The van der Waals surface area contributed by atoms with Crippen LogP contribution in [-0.2, 0) is 9.59 Å². The number of rotatable bonds is 3. The molecule has 1 N–H and O–H groups in total. The number of piperidine rings is 1. The van der Waals surface area contributed by atoms with Gasteiger partial charge in [-0.25, -0.2) is 4.79 Å². The summed E-state index contributed by atoms with van der Waals surface area (Å²) in [7, 11) is 0. The molecule has 86 valence electrons. The number of likely N-dealkylation sites (tertiary alicyclic amines) is 1. The zero-order chi connectivity index (χ0) is 11.4. The van der Waals surface area contributed by atoms with Crippen molar-refractivity contribution in [1.29, 1.82) is 0 Å². The first-order valence-electron chi connectivity index (χ1n) is 5.61. The lowest BCUT2D eigenvalue weighted by atomic mass is 9.99. The summed E-state index contributed by atoms with van der Waals surface area (Å²) < 4.78 is 0. The van der Waals surface area contributed by atoms with E-state index in [1.165, 1.54) is 0 Å². The van der Waals surface area contributed by atoms with Crippen molar-refractivity contribution in [2.45, 2.75) is 45.6 Å². The summed E-state index contributed by atoms with van der Waals surface area (Å²) in [5, 5.41) is 9.02. The predicted octanol–water partition coefficient (Wildman–Crippen LogP) is 1.50. The average molecular weight is 213 g/mol. The van der Waals surface area contributed by atoms with Gasteiger partial charge in [0, 0.05) is 12.5 Å². The van der Waals surface area contributed by atoms with Crippen molar-refractivity contribution in [2.24, 2.45) is 5.92 Å². The van der Waals surface area contributed by atoms with Crippen LogP contribution in [0.5, 0.6) is 0 Å². The number of carboxylic acids is 1. The molecule has 1 rings (SSSR count). The highest BCUT2D eigenvalue weighted by Gasteiger charge is 2.33. The van der Waals surface area contributed by atoms with Crippen molar-refractivity contribution >= 4 is 11.9 Å². The quantitative estimate of drug-likeness (QED) is 0.772. The van der Waals surface area contributed by atoms with E-state index in [1.807, 2.05) is 13.8 Å². The summed E-state index contributed by atoms with van der Waals surface area (Å²) >= 11 is 0. The second-order valence-electron chi connectivity index (χ2n) is 4.19. The molecule has 4 heteroatoms. The molecule has 1 saturated heterocycles. The summed E-state index contributed by atoms with van der Waals surface area (Å²) in [6.07, 6.45) is 3.19. The lowest BCUT2D eigenvalue weighted by Crippen LogP contribution is -2.49. The van der Waals surface area contributed by atoms with Gasteiger partial charge in [0.25, 0.3) is 0 Å². The van der Waals surface area contributed by atoms with Gasteiger partial charge in [-0.2, -0.15) is 0 Å². The molecule has 0 spiro atoms. The number of amides is 1. The Morgan fingerprint density at radius 3 is 2.67 bits per heavy atom. The normalized spacial score (nSPS) is 23.6. The second kappa shape index (κ2) is 5.14. The molecule has 1 aliphatic heterocycles. The van der Waals surface area contributed by atoms with Crippen LogP contribution in [0.25, 0.3) is 0 Å². The van der Waals surface area contributed by atoms with Crippen molar-refractivity contribution in [1.82, 2.24) is 4.90 Å². The number of aliphatic carboxylic acids is 1. The van der Waals surface area contributed by atoms with E-state index in [2.05, 4.69) is 0 Å². The molecule has 0 aromatic carbocycles. The zero-order valence-corrected chi connectivity index (χ0v) is 9.40. The Morgan fingerprint density at radius 2 is 2.13 bits per heavy atom. The van der Waals surface area contributed by atoms with Crippen LogP contribution >= 0.6 is 0 Å². The third-order valence-corrected chi connectivity index (χ3v) is 3.10. The van der Waals surface area contributed by atoms with Gasteiger partial charge in [0.05, 0.1) is 0 Å². The highest BCUT2D eigenvalue weighted by atomic mass is 16.4. The van der Waals surface area contributed by atoms with Crippen LogP contribution in [0, 0.1) is 5.92 Å². The molecular formula is C11H19NO3. The fraction of sp³-hybridized carbons (Fsp3) is 0.818. The van der Waals surface area contributed by atoms with Crippen LogP contribution in [0.3, 0.4) is 0 Å². The topological polar surface area (TPSA) is 57.6 Å². The molecule has 0 aromatic heterocycles. The minimum Gasteiger partial charge on any atom is -0.480 e. The largest absolute Gasteiger partial charge is 0.480 e. The van der Waals surface area contributed by atoms with Crippen molar-refractivity contribution in [3.05, 3.63) is 0 Å². The standard InChI is InChI=1S/C11H19NO3/c1-3-8(2)10(13)12-7-5-4-6-9(12)11(14)15/h8-9H,3-7H2,1-2H3,(H,14,15)/t8?,9-/m0/s1. The molecule has 1 heterocycles. The van der Waals surface area contributed by atoms with E-state index in [9.17, 15) is 9.59 Å². The number of hydrogen-bond donors (Lipinski definition) is 1. The lowest BCUT2D eigenvalue weighted by molar-refractivity contribution is -0.153. The van der Waals surface area contributed by atoms with Crippen molar-refractivity contribution < 1.29 is 14.7 Å². The van der Waals surface area contributed by atoms with E-state index in [4.69, 9.17) is 5.11 Å². The van der Waals surface area contributed by atoms with Gasteiger partial charge in [-0.15, -0.1) is 0 Å². The molecule has 0 radical (unpaired) electrons. The monoisotopic (exact) mass is 213 g/mol. The SMILES string of the molecule is CCC(C)C(=O)N1CCCC[C@H]1C(=O)O. The molecule has 2 atom stereocenters. The third kappa shape index (κ3) is 2.70.